The van der Waals surface area contributed by atoms with E-state index in [4.69, 9.17) is 0 Å². The van der Waals surface area contributed by atoms with E-state index in [-0.39, 0.29) is 17.5 Å². The molecule has 2 amide bonds. The second kappa shape index (κ2) is 8.57. The van der Waals surface area contributed by atoms with E-state index in [1.165, 1.54) is 23.1 Å². The Balaban J connectivity index is 2.00. The molecule has 26 heavy (non-hydrogen) atoms. The third-order valence-corrected chi connectivity index (χ3v) is 3.74. The van der Waals surface area contributed by atoms with Gasteiger partial charge in [0.25, 0.3) is 11.6 Å². The molecule has 0 radical (unpaired) electrons. The molecule has 2 aromatic rings. The second-order valence-electron chi connectivity index (χ2n) is 5.66. The van der Waals surface area contributed by atoms with Gasteiger partial charge in [-0.25, -0.2) is 0 Å². The highest BCUT2D eigenvalue weighted by Gasteiger charge is 2.08. The number of carbonyl (C=O) groups excluding carboxylic acids is 2. The SMILES string of the molecule is CNC(=O)c1ccc(CN(C)C(=O)/C=C/c2cccc([N+](=O)[O-])c2)cc1. The molecule has 0 fully saturated rings. The number of nitro benzene ring substituents is 1. The summed E-state index contributed by atoms with van der Waals surface area (Å²) in [7, 11) is 3.23. The fourth-order valence-corrected chi connectivity index (χ4v) is 2.29. The molecule has 1 N–H and O–H groups in total. The first-order valence-corrected chi connectivity index (χ1v) is 7.89. The number of nitro groups is 1. The Morgan fingerprint density at radius 2 is 1.88 bits per heavy atom. The molecular formula is C19H19N3O4. The van der Waals surface area contributed by atoms with Gasteiger partial charge in [0.15, 0.2) is 0 Å². The Morgan fingerprint density at radius 3 is 2.50 bits per heavy atom. The summed E-state index contributed by atoms with van der Waals surface area (Å²) in [4.78, 5) is 35.5. The number of rotatable bonds is 6. The summed E-state index contributed by atoms with van der Waals surface area (Å²) in [6.45, 7) is 0.381. The first kappa shape index (κ1) is 18.9. The molecule has 0 saturated carbocycles. The van der Waals surface area contributed by atoms with Gasteiger partial charge >= 0.3 is 0 Å². The van der Waals surface area contributed by atoms with Crippen molar-refractivity contribution in [1.82, 2.24) is 10.2 Å². The molecule has 7 heteroatoms. The average molecular weight is 353 g/mol. The second-order valence-corrected chi connectivity index (χ2v) is 5.66. The van der Waals surface area contributed by atoms with E-state index in [9.17, 15) is 19.7 Å². The van der Waals surface area contributed by atoms with Gasteiger partial charge in [-0.3, -0.25) is 19.7 Å². The van der Waals surface area contributed by atoms with E-state index in [2.05, 4.69) is 5.32 Å². The minimum Gasteiger partial charge on any atom is -0.355 e. The van der Waals surface area contributed by atoms with Gasteiger partial charge < -0.3 is 10.2 Å². The molecule has 0 aliphatic rings. The molecule has 0 aliphatic carbocycles. The number of nitrogens with one attached hydrogen (secondary N) is 1. The van der Waals surface area contributed by atoms with Crippen LogP contribution in [0.2, 0.25) is 0 Å². The fourth-order valence-electron chi connectivity index (χ4n) is 2.29. The van der Waals surface area contributed by atoms with Gasteiger partial charge in [-0.15, -0.1) is 0 Å². The van der Waals surface area contributed by atoms with Gasteiger partial charge in [-0.2, -0.15) is 0 Å². The predicted molar refractivity (Wildman–Crippen MR) is 98.4 cm³/mol. The number of hydrogen-bond donors (Lipinski definition) is 1. The molecule has 0 saturated heterocycles. The summed E-state index contributed by atoms with van der Waals surface area (Å²) < 4.78 is 0. The maximum absolute atomic E-state index is 12.2. The van der Waals surface area contributed by atoms with E-state index < -0.39 is 4.92 Å². The van der Waals surface area contributed by atoms with E-state index >= 15 is 0 Å². The van der Waals surface area contributed by atoms with Crippen molar-refractivity contribution >= 4 is 23.6 Å². The Morgan fingerprint density at radius 1 is 1.19 bits per heavy atom. The zero-order valence-corrected chi connectivity index (χ0v) is 14.5. The fraction of sp³-hybridized carbons (Fsp3) is 0.158. The first-order valence-electron chi connectivity index (χ1n) is 7.89. The summed E-state index contributed by atoms with van der Waals surface area (Å²) in [6, 6.07) is 13.0. The highest BCUT2D eigenvalue weighted by atomic mass is 16.6. The molecule has 0 unspecified atom stereocenters. The van der Waals surface area contributed by atoms with Gasteiger partial charge in [0.2, 0.25) is 5.91 Å². The molecular weight excluding hydrogens is 334 g/mol. The van der Waals surface area contributed by atoms with Crippen LogP contribution < -0.4 is 5.32 Å². The lowest BCUT2D eigenvalue weighted by Crippen LogP contribution is -2.24. The number of benzene rings is 2. The van der Waals surface area contributed by atoms with Crippen molar-refractivity contribution in [3.63, 3.8) is 0 Å². The number of hydrogen-bond acceptors (Lipinski definition) is 4. The zero-order valence-electron chi connectivity index (χ0n) is 14.5. The average Bonchev–Trinajstić information content (AvgIpc) is 2.66. The summed E-state index contributed by atoms with van der Waals surface area (Å²) >= 11 is 0. The van der Waals surface area contributed by atoms with Crippen molar-refractivity contribution in [1.29, 1.82) is 0 Å². The van der Waals surface area contributed by atoms with E-state index in [1.54, 1.807) is 56.6 Å². The lowest BCUT2D eigenvalue weighted by molar-refractivity contribution is -0.384. The topological polar surface area (TPSA) is 92.6 Å². The zero-order chi connectivity index (χ0) is 19.1. The van der Waals surface area contributed by atoms with Gasteiger partial charge in [-0.05, 0) is 29.3 Å². The molecule has 0 bridgehead atoms. The minimum atomic E-state index is -0.478. The maximum atomic E-state index is 12.2. The van der Waals surface area contributed by atoms with Crippen LogP contribution in [-0.2, 0) is 11.3 Å². The van der Waals surface area contributed by atoms with E-state index in [0.717, 1.165) is 5.56 Å². The van der Waals surface area contributed by atoms with Crippen LogP contribution in [0.3, 0.4) is 0 Å². The lowest BCUT2D eigenvalue weighted by Gasteiger charge is -2.15. The Kier molecular flexibility index (Phi) is 6.21. The van der Waals surface area contributed by atoms with Crippen LogP contribution in [-0.4, -0.2) is 35.7 Å². The molecule has 0 atom stereocenters. The largest absolute Gasteiger partial charge is 0.355 e. The van der Waals surface area contributed by atoms with Crippen molar-refractivity contribution in [3.05, 3.63) is 81.4 Å². The minimum absolute atomic E-state index is 0.0239. The van der Waals surface area contributed by atoms with Crippen LogP contribution in [0.5, 0.6) is 0 Å². The molecule has 2 aromatic carbocycles. The molecule has 0 spiro atoms. The summed E-state index contributed by atoms with van der Waals surface area (Å²) in [5, 5.41) is 13.3. The molecule has 0 aromatic heterocycles. The normalized spacial score (nSPS) is 10.5. The molecule has 2 rings (SSSR count). The highest BCUT2D eigenvalue weighted by Crippen LogP contribution is 2.14. The monoisotopic (exact) mass is 353 g/mol. The van der Waals surface area contributed by atoms with Crippen molar-refractivity contribution in [2.24, 2.45) is 0 Å². The maximum Gasteiger partial charge on any atom is 0.270 e. The Labute approximate surface area is 151 Å². The predicted octanol–water partition coefficient (Wildman–Crippen LogP) is 2.63. The van der Waals surface area contributed by atoms with Crippen LogP contribution >= 0.6 is 0 Å². The summed E-state index contributed by atoms with van der Waals surface area (Å²) in [5.74, 6) is -0.396. The molecule has 0 aliphatic heterocycles. The number of nitrogens with zero attached hydrogens (tertiary/aromatic N) is 2. The lowest BCUT2D eigenvalue weighted by atomic mass is 10.1. The van der Waals surface area contributed by atoms with Gasteiger partial charge in [-0.1, -0.05) is 24.3 Å². The van der Waals surface area contributed by atoms with E-state index in [1.807, 2.05) is 0 Å². The number of carbonyl (C=O) groups is 2. The van der Waals surface area contributed by atoms with Gasteiger partial charge in [0.1, 0.15) is 0 Å². The smallest absolute Gasteiger partial charge is 0.270 e. The quantitative estimate of drug-likeness (QED) is 0.491. The standard InChI is InChI=1S/C19H19N3O4/c1-20-19(24)16-9-6-15(7-10-16)13-21(2)18(23)11-8-14-4-3-5-17(12-14)22(25)26/h3-12H,13H2,1-2H3,(H,20,24)/b11-8+. The summed E-state index contributed by atoms with van der Waals surface area (Å²) in [5.41, 5.74) is 1.99. The third-order valence-electron chi connectivity index (χ3n) is 3.74. The van der Waals surface area contributed by atoms with Crippen molar-refractivity contribution in [2.45, 2.75) is 6.54 Å². The van der Waals surface area contributed by atoms with Crippen LogP contribution in [0.25, 0.3) is 6.08 Å². The van der Waals surface area contributed by atoms with Crippen molar-refractivity contribution < 1.29 is 14.5 Å². The number of likely N-dealkylation sites (N-methyl/N-ethyl adjacent to an activating group) is 1. The van der Waals surface area contributed by atoms with Crippen LogP contribution in [0.4, 0.5) is 5.69 Å². The van der Waals surface area contributed by atoms with Gasteiger partial charge in [0.05, 0.1) is 4.92 Å². The van der Waals surface area contributed by atoms with E-state index in [0.29, 0.717) is 17.7 Å². The number of amides is 2. The Bertz CT molecular complexity index is 844. The van der Waals surface area contributed by atoms with Crippen LogP contribution in [0, 0.1) is 10.1 Å². The number of non-ortho nitro benzene ring substituents is 1. The molecule has 7 nitrogen and oxygen atoms in total. The van der Waals surface area contributed by atoms with Gasteiger partial charge in [0, 0.05) is 44.4 Å². The first-order chi connectivity index (χ1) is 12.4. The summed E-state index contributed by atoms with van der Waals surface area (Å²) in [6.07, 6.45) is 2.92. The molecule has 0 heterocycles. The van der Waals surface area contributed by atoms with Crippen LogP contribution in [0.1, 0.15) is 21.5 Å². The van der Waals surface area contributed by atoms with Crippen molar-refractivity contribution in [2.75, 3.05) is 14.1 Å². The highest BCUT2D eigenvalue weighted by molar-refractivity contribution is 5.94. The third kappa shape index (κ3) is 5.01. The Hall–Kier alpha value is -3.48. The van der Waals surface area contributed by atoms with Crippen molar-refractivity contribution in [3.8, 4) is 0 Å². The van der Waals surface area contributed by atoms with Crippen LogP contribution in [0.15, 0.2) is 54.6 Å². The molecule has 134 valence electrons.